The summed E-state index contributed by atoms with van der Waals surface area (Å²) in [7, 11) is 0. The molecule has 8 heteroatoms. The van der Waals surface area contributed by atoms with Crippen molar-refractivity contribution in [2.45, 2.75) is 24.9 Å². The molecule has 2 N–H and O–H groups in total. The van der Waals surface area contributed by atoms with Crippen molar-refractivity contribution >= 4 is 17.3 Å². The molecule has 1 aliphatic carbocycles. The van der Waals surface area contributed by atoms with Crippen molar-refractivity contribution in [2.24, 2.45) is 0 Å². The first-order valence-corrected chi connectivity index (χ1v) is 10.3. The van der Waals surface area contributed by atoms with Crippen molar-refractivity contribution in [3.8, 4) is 0 Å². The molecule has 0 bridgehead atoms. The molecule has 1 heterocycles. The average Bonchev–Trinajstić information content (AvgIpc) is 3.58. The van der Waals surface area contributed by atoms with Gasteiger partial charge in [-0.15, -0.1) is 0 Å². The minimum absolute atomic E-state index is 0.0960. The molecule has 158 valence electrons. The number of morpholine rings is 1. The van der Waals surface area contributed by atoms with Gasteiger partial charge in [0.1, 0.15) is 5.69 Å². The molecule has 30 heavy (non-hydrogen) atoms. The van der Waals surface area contributed by atoms with Crippen molar-refractivity contribution < 1.29 is 14.5 Å². The van der Waals surface area contributed by atoms with Gasteiger partial charge in [-0.1, -0.05) is 30.3 Å². The second kappa shape index (κ2) is 9.23. The van der Waals surface area contributed by atoms with Crippen LogP contribution in [0.15, 0.2) is 48.5 Å². The molecule has 1 aliphatic heterocycles. The molecule has 0 aromatic heterocycles. The van der Waals surface area contributed by atoms with E-state index in [4.69, 9.17) is 4.74 Å². The summed E-state index contributed by atoms with van der Waals surface area (Å²) in [6, 6.07) is 14.6. The SMILES string of the molecule is O=C(NC1CC1)c1ccc(NC(CN2CCOCC2)c2ccccc2)c([N+](=O)[O-])c1. The second-order valence-corrected chi connectivity index (χ2v) is 7.76. The van der Waals surface area contributed by atoms with Gasteiger partial charge in [0.05, 0.1) is 24.2 Å². The zero-order valence-electron chi connectivity index (χ0n) is 16.8. The van der Waals surface area contributed by atoms with E-state index >= 15 is 0 Å². The minimum atomic E-state index is -0.437. The third-order valence-electron chi connectivity index (χ3n) is 5.45. The number of anilines is 1. The van der Waals surface area contributed by atoms with Crippen LogP contribution in [0.4, 0.5) is 11.4 Å². The van der Waals surface area contributed by atoms with E-state index in [-0.39, 0.29) is 23.7 Å². The summed E-state index contributed by atoms with van der Waals surface area (Å²) in [5, 5.41) is 18.0. The zero-order chi connectivity index (χ0) is 20.9. The van der Waals surface area contributed by atoms with Crippen molar-refractivity contribution in [1.82, 2.24) is 10.2 Å². The maximum Gasteiger partial charge on any atom is 0.293 e. The van der Waals surface area contributed by atoms with E-state index in [1.54, 1.807) is 12.1 Å². The van der Waals surface area contributed by atoms with Gasteiger partial charge in [-0.25, -0.2) is 0 Å². The first-order valence-electron chi connectivity index (χ1n) is 10.3. The number of nitro groups is 1. The molecule has 1 saturated carbocycles. The van der Waals surface area contributed by atoms with Crippen molar-refractivity contribution in [2.75, 3.05) is 38.2 Å². The van der Waals surface area contributed by atoms with Crippen LogP contribution >= 0.6 is 0 Å². The molecule has 2 fully saturated rings. The molecule has 2 aromatic carbocycles. The lowest BCUT2D eigenvalue weighted by molar-refractivity contribution is -0.384. The number of hydrogen-bond donors (Lipinski definition) is 2. The quantitative estimate of drug-likeness (QED) is 0.513. The van der Waals surface area contributed by atoms with Crippen molar-refractivity contribution in [3.63, 3.8) is 0 Å². The Morgan fingerprint density at radius 1 is 1.17 bits per heavy atom. The van der Waals surface area contributed by atoms with Crippen LogP contribution in [-0.4, -0.2) is 54.6 Å². The Balaban J connectivity index is 1.57. The van der Waals surface area contributed by atoms with Crippen LogP contribution in [0.3, 0.4) is 0 Å². The van der Waals surface area contributed by atoms with Gasteiger partial charge in [-0.3, -0.25) is 19.8 Å². The third-order valence-corrected chi connectivity index (χ3v) is 5.45. The Morgan fingerprint density at radius 2 is 1.90 bits per heavy atom. The molecular formula is C22H26N4O4. The predicted octanol–water partition coefficient (Wildman–Crippen LogP) is 2.97. The Morgan fingerprint density at radius 3 is 2.57 bits per heavy atom. The van der Waals surface area contributed by atoms with Crippen LogP contribution in [-0.2, 0) is 4.74 Å². The predicted molar refractivity (Wildman–Crippen MR) is 114 cm³/mol. The average molecular weight is 410 g/mol. The van der Waals surface area contributed by atoms with E-state index in [1.165, 1.54) is 6.07 Å². The zero-order valence-corrected chi connectivity index (χ0v) is 16.8. The standard InChI is InChI=1S/C22H26N4O4/c27-22(23-18-7-8-18)17-6-9-19(21(14-17)26(28)29)24-20(16-4-2-1-3-5-16)15-25-10-12-30-13-11-25/h1-6,9,14,18,20,24H,7-8,10-13,15H2,(H,23,27). The molecule has 1 unspecified atom stereocenters. The van der Waals surface area contributed by atoms with Crippen LogP contribution < -0.4 is 10.6 Å². The Kier molecular flexibility index (Phi) is 6.25. The molecule has 4 rings (SSSR count). The van der Waals surface area contributed by atoms with Gasteiger partial charge in [0, 0.05) is 37.3 Å². The summed E-state index contributed by atoms with van der Waals surface area (Å²) in [6.07, 6.45) is 1.93. The van der Waals surface area contributed by atoms with Crippen LogP contribution in [0, 0.1) is 10.1 Å². The maximum atomic E-state index is 12.3. The number of ether oxygens (including phenoxy) is 1. The van der Waals surface area contributed by atoms with Crippen LogP contribution in [0.2, 0.25) is 0 Å². The highest BCUT2D eigenvalue weighted by Gasteiger charge is 2.26. The second-order valence-electron chi connectivity index (χ2n) is 7.76. The number of rotatable bonds is 8. The van der Waals surface area contributed by atoms with E-state index in [2.05, 4.69) is 15.5 Å². The molecule has 8 nitrogen and oxygen atoms in total. The summed E-state index contributed by atoms with van der Waals surface area (Å²) in [5.74, 6) is -0.264. The third kappa shape index (κ3) is 5.14. The van der Waals surface area contributed by atoms with Crippen LogP contribution in [0.5, 0.6) is 0 Å². The molecule has 2 aromatic rings. The minimum Gasteiger partial charge on any atom is -0.379 e. The first kappa shape index (κ1) is 20.3. The van der Waals surface area contributed by atoms with Crippen LogP contribution in [0.25, 0.3) is 0 Å². The molecule has 2 aliphatic rings. The summed E-state index contributed by atoms with van der Waals surface area (Å²) < 4.78 is 5.43. The largest absolute Gasteiger partial charge is 0.379 e. The number of benzene rings is 2. The van der Waals surface area contributed by atoms with Crippen molar-refractivity contribution in [3.05, 3.63) is 69.8 Å². The van der Waals surface area contributed by atoms with E-state index in [1.807, 2.05) is 30.3 Å². The topological polar surface area (TPSA) is 96.7 Å². The van der Waals surface area contributed by atoms with Gasteiger partial charge < -0.3 is 15.4 Å². The molecular weight excluding hydrogens is 384 g/mol. The number of amides is 1. The van der Waals surface area contributed by atoms with Gasteiger partial charge in [-0.2, -0.15) is 0 Å². The Bertz CT molecular complexity index is 895. The molecule has 1 atom stereocenters. The number of carbonyl (C=O) groups is 1. The lowest BCUT2D eigenvalue weighted by Gasteiger charge is -2.31. The highest BCUT2D eigenvalue weighted by molar-refractivity contribution is 5.96. The van der Waals surface area contributed by atoms with Gasteiger partial charge in [0.15, 0.2) is 0 Å². The summed E-state index contributed by atoms with van der Waals surface area (Å²) in [6.45, 7) is 3.73. The Labute approximate surface area is 175 Å². The molecule has 1 amide bonds. The van der Waals surface area contributed by atoms with Gasteiger partial charge in [0.2, 0.25) is 0 Å². The van der Waals surface area contributed by atoms with Gasteiger partial charge in [-0.05, 0) is 30.5 Å². The highest BCUT2D eigenvalue weighted by Crippen LogP contribution is 2.30. The van der Waals surface area contributed by atoms with E-state index in [0.717, 1.165) is 31.5 Å². The van der Waals surface area contributed by atoms with E-state index in [0.29, 0.717) is 31.0 Å². The number of nitrogens with one attached hydrogen (secondary N) is 2. The van der Waals surface area contributed by atoms with Gasteiger partial charge in [0.25, 0.3) is 11.6 Å². The summed E-state index contributed by atoms with van der Waals surface area (Å²) in [5.41, 5.74) is 1.67. The fourth-order valence-corrected chi connectivity index (χ4v) is 3.59. The highest BCUT2D eigenvalue weighted by atomic mass is 16.6. The van der Waals surface area contributed by atoms with E-state index < -0.39 is 4.92 Å². The van der Waals surface area contributed by atoms with Crippen molar-refractivity contribution in [1.29, 1.82) is 0 Å². The molecule has 0 spiro atoms. The lowest BCUT2D eigenvalue weighted by Crippen LogP contribution is -2.40. The Hall–Kier alpha value is -2.97. The smallest absolute Gasteiger partial charge is 0.293 e. The number of nitrogens with zero attached hydrogens (tertiary/aromatic N) is 2. The van der Waals surface area contributed by atoms with E-state index in [9.17, 15) is 14.9 Å². The maximum absolute atomic E-state index is 12.3. The monoisotopic (exact) mass is 410 g/mol. The molecule has 0 radical (unpaired) electrons. The summed E-state index contributed by atoms with van der Waals surface area (Å²) >= 11 is 0. The normalized spacial score (nSPS) is 17.9. The fourth-order valence-electron chi connectivity index (χ4n) is 3.59. The number of nitro benzene ring substituents is 1. The number of hydrogen-bond acceptors (Lipinski definition) is 6. The fraction of sp³-hybridized carbons (Fsp3) is 0.409. The summed E-state index contributed by atoms with van der Waals surface area (Å²) in [4.78, 5) is 25.9. The first-order chi connectivity index (χ1) is 14.6. The molecule has 1 saturated heterocycles. The van der Waals surface area contributed by atoms with Crippen LogP contribution in [0.1, 0.15) is 34.8 Å². The van der Waals surface area contributed by atoms with Gasteiger partial charge >= 0.3 is 0 Å². The lowest BCUT2D eigenvalue weighted by atomic mass is 10.0. The number of carbonyl (C=O) groups excluding carboxylic acids is 1.